The monoisotopic (exact) mass is 482 g/mol. The average molecular weight is 482 g/mol. The van der Waals surface area contributed by atoms with Crippen LogP contribution < -0.4 is 5.32 Å². The lowest BCUT2D eigenvalue weighted by Crippen LogP contribution is -2.51. The van der Waals surface area contributed by atoms with Gasteiger partial charge in [-0.1, -0.05) is 24.3 Å². The second-order valence-electron chi connectivity index (χ2n) is 7.88. The van der Waals surface area contributed by atoms with Gasteiger partial charge >= 0.3 is 18.0 Å². The van der Waals surface area contributed by atoms with Crippen molar-refractivity contribution in [3.05, 3.63) is 59.3 Å². The number of alkyl halides is 7. The maximum Gasteiger partial charge on any atom is 0.435 e. The molecule has 0 bridgehead atoms. The molecule has 2 unspecified atom stereocenters. The van der Waals surface area contributed by atoms with E-state index in [1.807, 2.05) is 0 Å². The Morgan fingerprint density at radius 3 is 2.28 bits per heavy atom. The summed E-state index contributed by atoms with van der Waals surface area (Å²) in [6.45, 7) is 0.274. The molecule has 1 aliphatic carbocycles. The van der Waals surface area contributed by atoms with Crippen molar-refractivity contribution >= 4 is 9.84 Å². The fraction of sp³-hybridized carbons (Fsp3) is 0.450. The van der Waals surface area contributed by atoms with Crippen LogP contribution in [0.25, 0.3) is 0 Å². The van der Waals surface area contributed by atoms with Gasteiger partial charge in [-0.25, -0.2) is 17.8 Å². The van der Waals surface area contributed by atoms with E-state index in [0.717, 1.165) is 6.07 Å². The Kier molecular flexibility index (Phi) is 5.13. The molecule has 1 saturated heterocycles. The van der Waals surface area contributed by atoms with Crippen LogP contribution in [0.1, 0.15) is 29.5 Å². The minimum absolute atomic E-state index is 0.00781. The molecule has 32 heavy (non-hydrogen) atoms. The molecule has 12 heteroatoms. The van der Waals surface area contributed by atoms with Gasteiger partial charge in [-0.3, -0.25) is 0 Å². The molecule has 1 fully saturated rings. The Morgan fingerprint density at radius 1 is 1.00 bits per heavy atom. The van der Waals surface area contributed by atoms with E-state index in [0.29, 0.717) is 12.1 Å². The van der Waals surface area contributed by atoms with Crippen LogP contribution in [0.5, 0.6) is 0 Å². The Bertz CT molecular complexity index is 1120. The third-order valence-electron chi connectivity index (χ3n) is 6.29. The van der Waals surface area contributed by atoms with Gasteiger partial charge in [0.1, 0.15) is 4.75 Å². The Labute approximate surface area is 178 Å². The van der Waals surface area contributed by atoms with Crippen molar-refractivity contribution in [3.8, 4) is 0 Å². The van der Waals surface area contributed by atoms with E-state index in [4.69, 9.17) is 0 Å². The molecule has 2 atom stereocenters. The van der Waals surface area contributed by atoms with Crippen molar-refractivity contribution in [2.24, 2.45) is 0 Å². The minimum Gasteiger partial charge on any atom is -0.312 e. The van der Waals surface area contributed by atoms with E-state index in [2.05, 4.69) is 10.3 Å². The van der Waals surface area contributed by atoms with Gasteiger partial charge in [0.2, 0.25) is 9.84 Å². The number of hydrogen-bond donors (Lipinski definition) is 1. The summed E-state index contributed by atoms with van der Waals surface area (Å²) in [5.74, 6) is 0. The lowest BCUT2D eigenvalue weighted by molar-refractivity contribution is -0.348. The summed E-state index contributed by atoms with van der Waals surface area (Å²) in [7, 11) is -4.19. The van der Waals surface area contributed by atoms with Gasteiger partial charge in [-0.2, -0.15) is 26.3 Å². The van der Waals surface area contributed by atoms with Gasteiger partial charge in [0, 0.05) is 17.8 Å². The number of fused-ring (bicyclic) bond motifs is 3. The highest BCUT2D eigenvalue weighted by Crippen LogP contribution is 2.55. The standard InChI is InChI=1S/C20H17F7N2O2S/c21-18(19(22,23)24,20(25,26)27)13-5-6-14-12(11-13)4-7-15-17(14,8-10-28-15)32(30,31)16-3-1-2-9-29-16/h1-3,5-6,9,11,15,28H,4,7-8,10H2. The molecule has 1 aliphatic heterocycles. The van der Waals surface area contributed by atoms with Crippen molar-refractivity contribution in [2.45, 2.75) is 53.1 Å². The number of halogens is 7. The predicted molar refractivity (Wildman–Crippen MR) is 99.2 cm³/mol. The van der Waals surface area contributed by atoms with Crippen molar-refractivity contribution < 1.29 is 39.2 Å². The molecule has 0 amide bonds. The summed E-state index contributed by atoms with van der Waals surface area (Å²) in [6, 6.07) is 5.41. The largest absolute Gasteiger partial charge is 0.435 e. The number of nitrogens with zero attached hydrogens (tertiary/aromatic N) is 1. The predicted octanol–water partition coefficient (Wildman–Crippen LogP) is 4.35. The third kappa shape index (κ3) is 2.98. The summed E-state index contributed by atoms with van der Waals surface area (Å²) >= 11 is 0. The molecule has 0 saturated carbocycles. The van der Waals surface area contributed by atoms with Crippen LogP contribution in [0, 0.1) is 0 Å². The second kappa shape index (κ2) is 7.14. The topological polar surface area (TPSA) is 59.1 Å². The fourth-order valence-corrected chi connectivity index (χ4v) is 7.07. The van der Waals surface area contributed by atoms with E-state index in [1.54, 1.807) is 0 Å². The van der Waals surface area contributed by atoms with Gasteiger partial charge in [0.05, 0.1) is 0 Å². The van der Waals surface area contributed by atoms with Crippen LogP contribution in [0.2, 0.25) is 0 Å². The number of nitrogens with one attached hydrogen (secondary N) is 1. The quantitative estimate of drug-likeness (QED) is 0.662. The first-order valence-electron chi connectivity index (χ1n) is 9.62. The first-order valence-corrected chi connectivity index (χ1v) is 11.1. The smallest absolute Gasteiger partial charge is 0.312 e. The normalized spacial score (nSPS) is 24.2. The molecule has 2 aliphatic rings. The van der Waals surface area contributed by atoms with E-state index in [1.165, 1.54) is 24.4 Å². The number of aromatic nitrogens is 1. The van der Waals surface area contributed by atoms with E-state index in [-0.39, 0.29) is 42.0 Å². The van der Waals surface area contributed by atoms with Crippen LogP contribution in [0.4, 0.5) is 30.7 Å². The van der Waals surface area contributed by atoms with Crippen LogP contribution in [-0.2, 0) is 26.7 Å². The molecule has 0 radical (unpaired) electrons. The van der Waals surface area contributed by atoms with Gasteiger partial charge in [-0.15, -0.1) is 0 Å². The molecule has 1 aromatic heterocycles. The molecular formula is C20H17F7N2O2S. The van der Waals surface area contributed by atoms with Crippen LogP contribution in [-0.4, -0.2) is 38.3 Å². The van der Waals surface area contributed by atoms with E-state index in [9.17, 15) is 39.2 Å². The maximum absolute atomic E-state index is 14.6. The first kappa shape index (κ1) is 23.0. The summed E-state index contributed by atoms with van der Waals surface area (Å²) < 4.78 is 119. The third-order valence-corrected chi connectivity index (χ3v) is 8.74. The zero-order chi connectivity index (χ0) is 23.6. The molecule has 4 nitrogen and oxygen atoms in total. The van der Waals surface area contributed by atoms with Crippen molar-refractivity contribution in [1.29, 1.82) is 0 Å². The number of pyridine rings is 1. The Morgan fingerprint density at radius 2 is 1.69 bits per heavy atom. The van der Waals surface area contributed by atoms with E-state index < -0.39 is 44.2 Å². The second-order valence-corrected chi connectivity index (χ2v) is 10.0. The number of hydrogen-bond acceptors (Lipinski definition) is 4. The maximum atomic E-state index is 14.6. The molecular weight excluding hydrogens is 465 g/mol. The van der Waals surface area contributed by atoms with Crippen molar-refractivity contribution in [1.82, 2.24) is 10.3 Å². The summed E-state index contributed by atoms with van der Waals surface area (Å²) in [5.41, 5.74) is -7.18. The van der Waals surface area contributed by atoms with Gasteiger partial charge in [-0.05, 0) is 49.1 Å². The molecule has 1 aromatic carbocycles. The SMILES string of the molecule is O=S(=O)(c1ccccn1)C12CCNC1CCc1cc(C(F)(C(F)(F)F)C(F)(F)F)ccc12. The lowest BCUT2D eigenvalue weighted by Gasteiger charge is -2.40. The molecule has 1 N–H and O–H groups in total. The van der Waals surface area contributed by atoms with Crippen molar-refractivity contribution in [3.63, 3.8) is 0 Å². The highest BCUT2D eigenvalue weighted by molar-refractivity contribution is 7.92. The summed E-state index contributed by atoms with van der Waals surface area (Å²) in [4.78, 5) is 3.90. The number of rotatable bonds is 3. The highest BCUT2D eigenvalue weighted by Gasteiger charge is 2.73. The summed E-state index contributed by atoms with van der Waals surface area (Å²) in [5, 5.41) is 2.81. The summed E-state index contributed by atoms with van der Waals surface area (Å²) in [6.07, 6.45) is -11.0. The van der Waals surface area contributed by atoms with Crippen LogP contribution >= 0.6 is 0 Å². The molecule has 0 spiro atoms. The van der Waals surface area contributed by atoms with Crippen LogP contribution in [0.3, 0.4) is 0 Å². The zero-order valence-corrected chi connectivity index (χ0v) is 17.1. The molecule has 174 valence electrons. The first-order chi connectivity index (χ1) is 14.8. The lowest BCUT2D eigenvalue weighted by atomic mass is 9.77. The van der Waals surface area contributed by atoms with Crippen molar-refractivity contribution in [2.75, 3.05) is 6.54 Å². The Hall–Kier alpha value is -2.21. The molecule has 4 rings (SSSR count). The zero-order valence-electron chi connectivity index (χ0n) is 16.3. The van der Waals surface area contributed by atoms with Gasteiger partial charge in [0.15, 0.2) is 5.03 Å². The Balaban J connectivity index is 1.93. The number of sulfone groups is 1. The fourth-order valence-electron chi connectivity index (χ4n) is 4.80. The van der Waals surface area contributed by atoms with Crippen LogP contribution in [0.15, 0.2) is 47.6 Å². The highest BCUT2D eigenvalue weighted by atomic mass is 32.2. The van der Waals surface area contributed by atoms with Gasteiger partial charge < -0.3 is 5.32 Å². The van der Waals surface area contributed by atoms with Gasteiger partial charge in [0.25, 0.3) is 0 Å². The number of benzene rings is 1. The molecule has 2 aromatic rings. The molecule has 2 heterocycles. The minimum atomic E-state index is -6.25. The van der Waals surface area contributed by atoms with E-state index >= 15 is 0 Å². The number of aryl methyl sites for hydroxylation is 1. The average Bonchev–Trinajstić information content (AvgIpc) is 3.18.